The number of aryl methyl sites for hydroxylation is 3. The van der Waals surface area contributed by atoms with Crippen LogP contribution in [0.15, 0.2) is 28.9 Å². The van der Waals surface area contributed by atoms with Gasteiger partial charge in [0.05, 0.1) is 24.2 Å². The zero-order valence-electron chi connectivity index (χ0n) is 12.6. The van der Waals surface area contributed by atoms with Gasteiger partial charge in [0.2, 0.25) is 0 Å². The zero-order chi connectivity index (χ0) is 15.7. The molecule has 0 atom stereocenters. The second-order valence-corrected chi connectivity index (χ2v) is 6.01. The molecule has 22 heavy (non-hydrogen) atoms. The van der Waals surface area contributed by atoms with Crippen LogP contribution < -0.4 is 5.32 Å². The molecule has 0 aliphatic carbocycles. The average molecular weight is 316 g/mol. The van der Waals surface area contributed by atoms with Crippen molar-refractivity contribution in [3.63, 3.8) is 0 Å². The summed E-state index contributed by atoms with van der Waals surface area (Å²) in [6.07, 6.45) is 1.63. The Morgan fingerprint density at radius 3 is 2.86 bits per heavy atom. The Labute approximate surface area is 131 Å². The smallest absolute Gasteiger partial charge is 0.290 e. The van der Waals surface area contributed by atoms with Crippen LogP contribution in [0.2, 0.25) is 0 Å². The summed E-state index contributed by atoms with van der Waals surface area (Å²) >= 11 is 1.33. The molecule has 0 amide bonds. The molecule has 7 heteroatoms. The number of hydrogen-bond acceptors (Lipinski definition) is 6. The van der Waals surface area contributed by atoms with Crippen molar-refractivity contribution in [2.75, 3.05) is 5.32 Å². The summed E-state index contributed by atoms with van der Waals surface area (Å²) < 4.78 is 6.68. The Bertz CT molecular complexity index is 802. The Balaban J connectivity index is 1.80. The number of furan rings is 1. The van der Waals surface area contributed by atoms with E-state index < -0.39 is 0 Å². The van der Waals surface area contributed by atoms with Crippen molar-refractivity contribution in [2.24, 2.45) is 0 Å². The normalized spacial score (nSPS) is 10.9. The molecule has 0 fully saturated rings. The molecule has 0 radical (unpaired) electrons. The Hall–Kier alpha value is -2.41. The first-order chi connectivity index (χ1) is 10.5. The van der Waals surface area contributed by atoms with Gasteiger partial charge in [-0.2, -0.15) is 5.10 Å². The minimum absolute atomic E-state index is 0.147. The number of anilines is 1. The molecule has 1 N–H and O–H groups in total. The van der Waals surface area contributed by atoms with Crippen molar-refractivity contribution in [1.82, 2.24) is 14.8 Å². The van der Waals surface area contributed by atoms with Crippen molar-refractivity contribution in [3.05, 3.63) is 52.2 Å². The molecule has 0 aromatic carbocycles. The van der Waals surface area contributed by atoms with Gasteiger partial charge in [0.15, 0.2) is 5.13 Å². The number of nitrogens with one attached hydrogen (secondary N) is 1. The number of carbonyl (C=O) groups is 1. The van der Waals surface area contributed by atoms with Gasteiger partial charge < -0.3 is 9.73 Å². The quantitative estimate of drug-likeness (QED) is 0.800. The Morgan fingerprint density at radius 1 is 1.41 bits per heavy atom. The molecule has 114 valence electrons. The lowest BCUT2D eigenvalue weighted by Crippen LogP contribution is -2.14. The largest absolute Gasteiger partial charge is 0.467 e. The van der Waals surface area contributed by atoms with Gasteiger partial charge in [0.1, 0.15) is 10.6 Å². The number of nitrogens with zero attached hydrogens (tertiary/aromatic N) is 3. The summed E-state index contributed by atoms with van der Waals surface area (Å²) in [7, 11) is 0. The highest BCUT2D eigenvalue weighted by molar-refractivity contribution is 7.17. The van der Waals surface area contributed by atoms with Crippen molar-refractivity contribution in [2.45, 2.75) is 27.3 Å². The van der Waals surface area contributed by atoms with Crippen LogP contribution in [0.1, 0.15) is 32.5 Å². The number of carbonyl (C=O) groups excluding carboxylic acids is 1. The molecule has 0 aliphatic heterocycles. The molecule has 0 bridgehead atoms. The standard InChI is InChI=1S/C15H16N4O2S/c1-9-7-10(2)19(18-9)14(20)13-11(3)17-15(22-13)16-8-12-5-4-6-21-12/h4-7H,8H2,1-3H3,(H,16,17). The van der Waals surface area contributed by atoms with E-state index in [1.807, 2.05) is 39.0 Å². The highest BCUT2D eigenvalue weighted by atomic mass is 32.1. The molecular formula is C15H16N4O2S. The average Bonchev–Trinajstić information content (AvgIpc) is 3.17. The third-order valence-electron chi connectivity index (χ3n) is 3.19. The van der Waals surface area contributed by atoms with Crippen molar-refractivity contribution < 1.29 is 9.21 Å². The lowest BCUT2D eigenvalue weighted by atomic mass is 10.3. The summed E-state index contributed by atoms with van der Waals surface area (Å²) in [5.41, 5.74) is 2.34. The van der Waals surface area contributed by atoms with E-state index in [4.69, 9.17) is 4.42 Å². The van der Waals surface area contributed by atoms with E-state index in [9.17, 15) is 4.79 Å². The van der Waals surface area contributed by atoms with E-state index in [0.29, 0.717) is 22.2 Å². The summed E-state index contributed by atoms with van der Waals surface area (Å²) in [4.78, 5) is 17.6. The molecule has 3 aromatic rings. The highest BCUT2D eigenvalue weighted by Gasteiger charge is 2.19. The fraction of sp³-hybridized carbons (Fsp3) is 0.267. The minimum Gasteiger partial charge on any atom is -0.467 e. The maximum atomic E-state index is 12.6. The van der Waals surface area contributed by atoms with E-state index in [0.717, 1.165) is 17.1 Å². The topological polar surface area (TPSA) is 73.0 Å². The third-order valence-corrected chi connectivity index (χ3v) is 4.29. The van der Waals surface area contributed by atoms with E-state index >= 15 is 0 Å². The number of thiazole rings is 1. The lowest BCUT2D eigenvalue weighted by Gasteiger charge is -2.00. The maximum absolute atomic E-state index is 12.6. The molecule has 0 spiro atoms. The van der Waals surface area contributed by atoms with Crippen LogP contribution in [0.5, 0.6) is 0 Å². The summed E-state index contributed by atoms with van der Waals surface area (Å²) in [6, 6.07) is 5.60. The first-order valence-electron chi connectivity index (χ1n) is 6.86. The molecule has 3 rings (SSSR count). The van der Waals surface area contributed by atoms with Gasteiger partial charge >= 0.3 is 0 Å². The Morgan fingerprint density at radius 2 is 2.23 bits per heavy atom. The molecule has 3 aromatic heterocycles. The summed E-state index contributed by atoms with van der Waals surface area (Å²) in [5, 5.41) is 8.09. The zero-order valence-corrected chi connectivity index (χ0v) is 13.4. The van der Waals surface area contributed by atoms with Crippen LogP contribution >= 0.6 is 11.3 Å². The van der Waals surface area contributed by atoms with Crippen LogP contribution in [0.25, 0.3) is 0 Å². The molecule has 0 saturated heterocycles. The third kappa shape index (κ3) is 2.80. The molecule has 6 nitrogen and oxygen atoms in total. The van der Waals surface area contributed by atoms with Crippen molar-refractivity contribution >= 4 is 22.4 Å². The van der Waals surface area contributed by atoms with Gasteiger partial charge in [0.25, 0.3) is 5.91 Å². The fourth-order valence-electron chi connectivity index (χ4n) is 2.18. The van der Waals surface area contributed by atoms with Gasteiger partial charge in [-0.05, 0) is 39.0 Å². The molecule has 0 saturated carbocycles. The molecule has 0 aliphatic rings. The highest BCUT2D eigenvalue weighted by Crippen LogP contribution is 2.24. The van der Waals surface area contributed by atoms with Crippen LogP contribution in [0, 0.1) is 20.8 Å². The predicted octanol–water partition coefficient (Wildman–Crippen LogP) is 3.16. The van der Waals surface area contributed by atoms with Gasteiger partial charge in [-0.25, -0.2) is 9.67 Å². The number of aromatic nitrogens is 3. The van der Waals surface area contributed by atoms with Crippen LogP contribution in [0.3, 0.4) is 0 Å². The van der Waals surface area contributed by atoms with E-state index in [-0.39, 0.29) is 5.91 Å². The first-order valence-corrected chi connectivity index (χ1v) is 7.68. The summed E-state index contributed by atoms with van der Waals surface area (Å²) in [5.74, 6) is 0.672. The van der Waals surface area contributed by atoms with Crippen molar-refractivity contribution in [1.29, 1.82) is 0 Å². The minimum atomic E-state index is -0.147. The van der Waals surface area contributed by atoms with Gasteiger partial charge in [-0.15, -0.1) is 0 Å². The molecule has 3 heterocycles. The molecular weight excluding hydrogens is 300 g/mol. The predicted molar refractivity (Wildman–Crippen MR) is 84.3 cm³/mol. The van der Waals surface area contributed by atoms with Gasteiger partial charge in [0, 0.05) is 5.69 Å². The van der Waals surface area contributed by atoms with E-state index in [2.05, 4.69) is 15.4 Å². The van der Waals surface area contributed by atoms with Crippen molar-refractivity contribution in [3.8, 4) is 0 Å². The second kappa shape index (κ2) is 5.76. The summed E-state index contributed by atoms with van der Waals surface area (Å²) in [6.45, 7) is 6.10. The number of rotatable bonds is 4. The fourth-order valence-corrected chi connectivity index (χ4v) is 3.06. The van der Waals surface area contributed by atoms with Crippen LogP contribution in [-0.2, 0) is 6.54 Å². The monoisotopic (exact) mass is 316 g/mol. The van der Waals surface area contributed by atoms with Gasteiger partial charge in [-0.1, -0.05) is 11.3 Å². The second-order valence-electron chi connectivity index (χ2n) is 5.01. The van der Waals surface area contributed by atoms with E-state index in [1.54, 1.807) is 6.26 Å². The Kier molecular flexibility index (Phi) is 3.81. The van der Waals surface area contributed by atoms with E-state index in [1.165, 1.54) is 16.0 Å². The van der Waals surface area contributed by atoms with Gasteiger partial charge in [-0.3, -0.25) is 4.79 Å². The van der Waals surface area contributed by atoms with Crippen LogP contribution in [-0.4, -0.2) is 20.7 Å². The molecule has 0 unspecified atom stereocenters. The van der Waals surface area contributed by atoms with Crippen LogP contribution in [0.4, 0.5) is 5.13 Å². The lowest BCUT2D eigenvalue weighted by molar-refractivity contribution is 0.0945. The first kappa shape index (κ1) is 14.5. The SMILES string of the molecule is Cc1cc(C)n(C(=O)c2sc(NCc3ccco3)nc2C)n1. The number of hydrogen-bond donors (Lipinski definition) is 1. The maximum Gasteiger partial charge on any atom is 0.290 e.